The van der Waals surface area contributed by atoms with E-state index in [2.05, 4.69) is 9.71 Å². The first-order chi connectivity index (χ1) is 9.97. The smallest absolute Gasteiger partial charge is 0.250 e. The van der Waals surface area contributed by atoms with Crippen LogP contribution in [0.15, 0.2) is 40.6 Å². The topological polar surface area (TPSA) is 64.0 Å². The molecule has 2 heterocycles. The normalized spacial score (nSPS) is 12.1. The molecule has 110 valence electrons. The van der Waals surface area contributed by atoms with Crippen molar-refractivity contribution in [3.05, 3.63) is 47.1 Å². The molecule has 0 aliphatic heterocycles. The highest BCUT2D eigenvalue weighted by Crippen LogP contribution is 2.21. The minimum Gasteiger partial charge on any atom is -0.330 e. The molecule has 2 aromatic heterocycles. The van der Waals surface area contributed by atoms with E-state index in [1.807, 2.05) is 42.8 Å². The van der Waals surface area contributed by atoms with Crippen molar-refractivity contribution in [2.24, 2.45) is 7.05 Å². The zero-order valence-corrected chi connectivity index (χ0v) is 13.3. The molecule has 0 saturated heterocycles. The Balaban J connectivity index is 1.85. The minimum absolute atomic E-state index is 0.171. The standard InChI is InChI=1S/C14H15N3O2S2/c1-10-7-8-14(20-10)21(18,19)15-9-13-16-11-5-3-4-6-12(11)17(13)2/h3-8,15H,9H2,1-2H3. The lowest BCUT2D eigenvalue weighted by molar-refractivity contribution is 0.580. The van der Waals surface area contributed by atoms with Gasteiger partial charge in [-0.15, -0.1) is 11.3 Å². The van der Waals surface area contributed by atoms with Crippen molar-refractivity contribution in [3.63, 3.8) is 0 Å². The van der Waals surface area contributed by atoms with Gasteiger partial charge < -0.3 is 4.57 Å². The molecule has 0 amide bonds. The van der Waals surface area contributed by atoms with E-state index in [4.69, 9.17) is 0 Å². The van der Waals surface area contributed by atoms with E-state index in [-0.39, 0.29) is 6.54 Å². The number of hydrogen-bond donors (Lipinski definition) is 1. The Morgan fingerprint density at radius 2 is 2.00 bits per heavy atom. The van der Waals surface area contributed by atoms with Gasteiger partial charge in [0, 0.05) is 11.9 Å². The van der Waals surface area contributed by atoms with Crippen LogP contribution in [0.1, 0.15) is 10.7 Å². The van der Waals surface area contributed by atoms with Gasteiger partial charge in [-0.1, -0.05) is 12.1 Å². The van der Waals surface area contributed by atoms with Crippen LogP contribution in [0.25, 0.3) is 11.0 Å². The number of nitrogens with one attached hydrogen (secondary N) is 1. The van der Waals surface area contributed by atoms with E-state index in [9.17, 15) is 8.42 Å². The highest BCUT2D eigenvalue weighted by Gasteiger charge is 2.17. The maximum Gasteiger partial charge on any atom is 0.250 e. The molecule has 1 aromatic carbocycles. The summed E-state index contributed by atoms with van der Waals surface area (Å²) in [4.78, 5) is 5.42. The van der Waals surface area contributed by atoms with E-state index in [0.717, 1.165) is 15.9 Å². The zero-order chi connectivity index (χ0) is 15.0. The molecule has 3 aromatic rings. The number of aryl methyl sites for hydroxylation is 2. The molecule has 0 aliphatic rings. The quantitative estimate of drug-likeness (QED) is 0.802. The Bertz CT molecular complexity index is 894. The first-order valence-electron chi connectivity index (χ1n) is 6.44. The van der Waals surface area contributed by atoms with Crippen LogP contribution in [0.3, 0.4) is 0 Å². The average molecular weight is 321 g/mol. The number of hydrogen-bond acceptors (Lipinski definition) is 4. The van der Waals surface area contributed by atoms with Gasteiger partial charge in [0.05, 0.1) is 17.6 Å². The second-order valence-electron chi connectivity index (χ2n) is 4.77. The second-order valence-corrected chi connectivity index (χ2v) is 8.05. The van der Waals surface area contributed by atoms with Crippen molar-refractivity contribution in [2.45, 2.75) is 17.7 Å². The van der Waals surface area contributed by atoms with Crippen molar-refractivity contribution in [2.75, 3.05) is 0 Å². The SMILES string of the molecule is Cc1ccc(S(=O)(=O)NCc2nc3ccccc3n2C)s1. The summed E-state index contributed by atoms with van der Waals surface area (Å²) >= 11 is 1.26. The van der Waals surface area contributed by atoms with Crippen molar-refractivity contribution in [3.8, 4) is 0 Å². The molecular weight excluding hydrogens is 306 g/mol. The molecule has 3 rings (SSSR count). The molecule has 0 bridgehead atoms. The van der Waals surface area contributed by atoms with E-state index in [0.29, 0.717) is 10.0 Å². The number of nitrogens with zero attached hydrogens (tertiary/aromatic N) is 2. The number of sulfonamides is 1. The highest BCUT2D eigenvalue weighted by atomic mass is 32.2. The third kappa shape index (κ3) is 2.72. The van der Waals surface area contributed by atoms with Crippen LogP contribution in [-0.2, 0) is 23.6 Å². The number of para-hydroxylation sites is 2. The Kier molecular flexibility index (Phi) is 3.56. The monoisotopic (exact) mass is 321 g/mol. The van der Waals surface area contributed by atoms with Crippen LogP contribution in [0.5, 0.6) is 0 Å². The first-order valence-corrected chi connectivity index (χ1v) is 8.74. The molecule has 0 saturated carbocycles. The summed E-state index contributed by atoms with van der Waals surface area (Å²) in [7, 11) is -1.59. The van der Waals surface area contributed by atoms with E-state index < -0.39 is 10.0 Å². The minimum atomic E-state index is -3.48. The summed E-state index contributed by atoms with van der Waals surface area (Å²) in [5, 5.41) is 0. The molecule has 0 spiro atoms. The third-order valence-corrected chi connectivity index (χ3v) is 6.17. The summed E-state index contributed by atoms with van der Waals surface area (Å²) in [6, 6.07) is 11.1. The van der Waals surface area contributed by atoms with E-state index >= 15 is 0 Å². The third-order valence-electron chi connectivity index (χ3n) is 3.28. The molecule has 21 heavy (non-hydrogen) atoms. The fourth-order valence-electron chi connectivity index (χ4n) is 2.14. The molecular formula is C14H15N3O2S2. The number of imidazole rings is 1. The molecule has 7 heteroatoms. The lowest BCUT2D eigenvalue weighted by atomic mass is 10.3. The van der Waals surface area contributed by atoms with E-state index in [1.165, 1.54) is 11.3 Å². The summed E-state index contributed by atoms with van der Waals surface area (Å²) in [6.07, 6.45) is 0. The number of rotatable bonds is 4. The van der Waals surface area contributed by atoms with Gasteiger partial charge in [-0.25, -0.2) is 18.1 Å². The molecule has 0 fully saturated rings. The van der Waals surface area contributed by atoms with Crippen molar-refractivity contribution >= 4 is 32.4 Å². The van der Waals surface area contributed by atoms with Gasteiger partial charge in [0.2, 0.25) is 10.0 Å². The maximum atomic E-state index is 12.2. The Morgan fingerprint density at radius 3 is 2.67 bits per heavy atom. The Hall–Kier alpha value is -1.70. The Labute approximate surface area is 127 Å². The maximum absolute atomic E-state index is 12.2. The number of aromatic nitrogens is 2. The van der Waals surface area contributed by atoms with Crippen LogP contribution in [0.4, 0.5) is 0 Å². The van der Waals surface area contributed by atoms with Gasteiger partial charge in [0.15, 0.2) is 0 Å². The number of thiophene rings is 1. The number of fused-ring (bicyclic) bond motifs is 1. The Morgan fingerprint density at radius 1 is 1.24 bits per heavy atom. The predicted molar refractivity (Wildman–Crippen MR) is 83.8 cm³/mol. The average Bonchev–Trinajstić information content (AvgIpc) is 3.02. The fourth-order valence-corrected chi connectivity index (χ4v) is 4.45. The summed E-state index contributed by atoms with van der Waals surface area (Å²) < 4.78 is 29.3. The van der Waals surface area contributed by atoms with Gasteiger partial charge in [0.1, 0.15) is 10.0 Å². The van der Waals surface area contributed by atoms with Crippen LogP contribution in [-0.4, -0.2) is 18.0 Å². The first kappa shape index (κ1) is 14.2. The van der Waals surface area contributed by atoms with E-state index in [1.54, 1.807) is 12.1 Å². The molecule has 0 aliphatic carbocycles. The molecule has 0 unspecified atom stereocenters. The lowest BCUT2D eigenvalue weighted by Crippen LogP contribution is -2.24. The largest absolute Gasteiger partial charge is 0.330 e. The van der Waals surface area contributed by atoms with Crippen LogP contribution >= 0.6 is 11.3 Å². The summed E-state index contributed by atoms with van der Waals surface area (Å²) in [5.41, 5.74) is 1.85. The molecule has 5 nitrogen and oxygen atoms in total. The lowest BCUT2D eigenvalue weighted by Gasteiger charge is -2.05. The highest BCUT2D eigenvalue weighted by molar-refractivity contribution is 7.91. The van der Waals surface area contributed by atoms with Gasteiger partial charge in [-0.3, -0.25) is 0 Å². The second kappa shape index (κ2) is 5.25. The van der Waals surface area contributed by atoms with Gasteiger partial charge in [-0.2, -0.15) is 0 Å². The number of benzene rings is 1. The fraction of sp³-hybridized carbons (Fsp3) is 0.214. The van der Waals surface area contributed by atoms with Crippen LogP contribution < -0.4 is 4.72 Å². The molecule has 1 N–H and O–H groups in total. The van der Waals surface area contributed by atoms with Gasteiger partial charge in [-0.05, 0) is 31.2 Å². The predicted octanol–water partition coefficient (Wildman–Crippen LogP) is 2.42. The molecule has 0 atom stereocenters. The van der Waals surface area contributed by atoms with Gasteiger partial charge >= 0.3 is 0 Å². The van der Waals surface area contributed by atoms with Crippen LogP contribution in [0, 0.1) is 6.92 Å². The zero-order valence-electron chi connectivity index (χ0n) is 11.7. The summed E-state index contributed by atoms with van der Waals surface area (Å²) in [6.45, 7) is 2.06. The molecule has 0 radical (unpaired) electrons. The van der Waals surface area contributed by atoms with Crippen LogP contribution in [0.2, 0.25) is 0 Å². The van der Waals surface area contributed by atoms with Gasteiger partial charge in [0.25, 0.3) is 0 Å². The van der Waals surface area contributed by atoms with Crippen molar-refractivity contribution in [1.82, 2.24) is 14.3 Å². The van der Waals surface area contributed by atoms with Crippen molar-refractivity contribution in [1.29, 1.82) is 0 Å². The van der Waals surface area contributed by atoms with Crippen molar-refractivity contribution < 1.29 is 8.42 Å². The summed E-state index contributed by atoms with van der Waals surface area (Å²) in [5.74, 6) is 0.688.